The summed E-state index contributed by atoms with van der Waals surface area (Å²) in [7, 11) is 0. The molecule has 0 fully saturated rings. The van der Waals surface area contributed by atoms with Crippen LogP contribution in [0.1, 0.15) is 10.4 Å². The summed E-state index contributed by atoms with van der Waals surface area (Å²) in [6, 6.07) is 10.1. The molecule has 0 saturated carbocycles. The van der Waals surface area contributed by atoms with Gasteiger partial charge < -0.3 is 20.5 Å². The van der Waals surface area contributed by atoms with Gasteiger partial charge in [0.25, 0.3) is 5.91 Å². The van der Waals surface area contributed by atoms with Gasteiger partial charge in [-0.1, -0.05) is 17.7 Å². The number of nitrogens with one attached hydrogen (secondary N) is 1. The van der Waals surface area contributed by atoms with E-state index in [9.17, 15) is 4.79 Å². The molecule has 3 N–H and O–H groups in total. The summed E-state index contributed by atoms with van der Waals surface area (Å²) in [6.45, 7) is 0.884. The molecule has 108 valence electrons. The zero-order valence-electron chi connectivity index (χ0n) is 11.1. The van der Waals surface area contributed by atoms with Crippen molar-refractivity contribution in [3.8, 4) is 11.5 Å². The lowest BCUT2D eigenvalue weighted by atomic mass is 10.1. The molecule has 6 heteroatoms. The molecular formula is C15H13ClN2O3. The van der Waals surface area contributed by atoms with Crippen LogP contribution in [0.5, 0.6) is 11.5 Å². The third-order valence-electron chi connectivity index (χ3n) is 3.05. The van der Waals surface area contributed by atoms with Gasteiger partial charge in [-0.3, -0.25) is 4.79 Å². The third kappa shape index (κ3) is 2.73. The summed E-state index contributed by atoms with van der Waals surface area (Å²) in [5.74, 6) is 0.679. The highest BCUT2D eigenvalue weighted by Gasteiger charge is 2.20. The molecule has 1 aliphatic rings. The van der Waals surface area contributed by atoms with Crippen molar-refractivity contribution >= 4 is 28.9 Å². The molecule has 0 radical (unpaired) electrons. The first-order chi connectivity index (χ1) is 10.1. The maximum Gasteiger partial charge on any atom is 0.259 e. The molecule has 1 amide bonds. The number of carbonyl (C=O) groups excluding carboxylic acids is 1. The number of nitrogens with two attached hydrogens (primary N) is 1. The van der Waals surface area contributed by atoms with E-state index in [-0.39, 0.29) is 5.91 Å². The normalized spacial score (nSPS) is 12.8. The number of amides is 1. The molecule has 0 aromatic heterocycles. The van der Waals surface area contributed by atoms with Crippen LogP contribution in [0.3, 0.4) is 0 Å². The SMILES string of the molecule is Nc1ccc(Cl)c(NC(=O)c2cccc3c2OCCO3)c1. The van der Waals surface area contributed by atoms with Crippen molar-refractivity contribution in [3.63, 3.8) is 0 Å². The average molecular weight is 305 g/mol. The number of hydrogen-bond donors (Lipinski definition) is 2. The van der Waals surface area contributed by atoms with Crippen LogP contribution in [0.2, 0.25) is 5.02 Å². The zero-order chi connectivity index (χ0) is 14.8. The van der Waals surface area contributed by atoms with Crippen LogP contribution in [-0.4, -0.2) is 19.1 Å². The van der Waals surface area contributed by atoms with Crippen molar-refractivity contribution in [1.82, 2.24) is 0 Å². The first-order valence-electron chi connectivity index (χ1n) is 6.40. The Morgan fingerprint density at radius 1 is 1.19 bits per heavy atom. The number of rotatable bonds is 2. The lowest BCUT2D eigenvalue weighted by Gasteiger charge is -2.20. The molecule has 3 rings (SSSR count). The fraction of sp³-hybridized carbons (Fsp3) is 0.133. The van der Waals surface area contributed by atoms with Gasteiger partial charge in [0.2, 0.25) is 0 Å². The Hall–Kier alpha value is -2.40. The Morgan fingerprint density at radius 2 is 2.00 bits per heavy atom. The highest BCUT2D eigenvalue weighted by molar-refractivity contribution is 6.34. The highest BCUT2D eigenvalue weighted by Crippen LogP contribution is 2.34. The number of ether oxygens (including phenoxy) is 2. The van der Waals surface area contributed by atoms with E-state index >= 15 is 0 Å². The van der Waals surface area contributed by atoms with Crippen molar-refractivity contribution in [1.29, 1.82) is 0 Å². The Morgan fingerprint density at radius 3 is 2.86 bits per heavy atom. The standard InChI is InChI=1S/C15H13ClN2O3/c16-11-5-4-9(17)8-12(11)18-15(19)10-2-1-3-13-14(10)21-7-6-20-13/h1-5,8H,6-7,17H2,(H,18,19). The van der Waals surface area contributed by atoms with Crippen LogP contribution >= 0.6 is 11.6 Å². The van der Waals surface area contributed by atoms with Crippen molar-refractivity contribution in [2.45, 2.75) is 0 Å². The second kappa shape index (κ2) is 5.54. The monoisotopic (exact) mass is 304 g/mol. The maximum atomic E-state index is 12.4. The van der Waals surface area contributed by atoms with Gasteiger partial charge in [0.15, 0.2) is 11.5 Å². The average Bonchev–Trinajstić information content (AvgIpc) is 2.50. The van der Waals surface area contributed by atoms with E-state index in [0.29, 0.717) is 46.7 Å². The van der Waals surface area contributed by atoms with Crippen molar-refractivity contribution in [3.05, 3.63) is 47.0 Å². The quantitative estimate of drug-likeness (QED) is 0.837. The number of fused-ring (bicyclic) bond motifs is 1. The van der Waals surface area contributed by atoms with Crippen molar-refractivity contribution < 1.29 is 14.3 Å². The van der Waals surface area contributed by atoms with Crippen LogP contribution in [0.4, 0.5) is 11.4 Å². The second-order valence-corrected chi connectivity index (χ2v) is 4.93. The third-order valence-corrected chi connectivity index (χ3v) is 3.38. The molecule has 2 aromatic carbocycles. The number of benzene rings is 2. The number of hydrogen-bond acceptors (Lipinski definition) is 4. The molecule has 0 spiro atoms. The first-order valence-corrected chi connectivity index (χ1v) is 6.78. The lowest BCUT2D eigenvalue weighted by molar-refractivity contribution is 0.101. The number of para-hydroxylation sites is 1. The van der Waals surface area contributed by atoms with Gasteiger partial charge in [0.05, 0.1) is 16.3 Å². The molecule has 1 aliphatic heterocycles. The van der Waals surface area contributed by atoms with Crippen LogP contribution in [0.25, 0.3) is 0 Å². The van der Waals surface area contributed by atoms with Crippen LogP contribution in [-0.2, 0) is 0 Å². The van der Waals surface area contributed by atoms with Gasteiger partial charge in [0, 0.05) is 5.69 Å². The molecular weight excluding hydrogens is 292 g/mol. The number of halogens is 1. The van der Waals surface area contributed by atoms with E-state index in [1.54, 1.807) is 36.4 Å². The lowest BCUT2D eigenvalue weighted by Crippen LogP contribution is -2.20. The highest BCUT2D eigenvalue weighted by atomic mass is 35.5. The second-order valence-electron chi connectivity index (χ2n) is 4.52. The summed E-state index contributed by atoms with van der Waals surface area (Å²) in [5, 5.41) is 3.15. The predicted octanol–water partition coefficient (Wildman–Crippen LogP) is 2.95. The van der Waals surface area contributed by atoms with Crippen LogP contribution < -0.4 is 20.5 Å². The summed E-state index contributed by atoms with van der Waals surface area (Å²) in [5.41, 5.74) is 7.06. The molecule has 5 nitrogen and oxygen atoms in total. The van der Waals surface area contributed by atoms with Gasteiger partial charge in [-0.15, -0.1) is 0 Å². The number of nitrogen functional groups attached to an aromatic ring is 1. The van der Waals surface area contributed by atoms with Crippen LogP contribution in [0, 0.1) is 0 Å². The van der Waals surface area contributed by atoms with Crippen molar-refractivity contribution in [2.24, 2.45) is 0 Å². The van der Waals surface area contributed by atoms with Gasteiger partial charge >= 0.3 is 0 Å². The van der Waals surface area contributed by atoms with Gasteiger partial charge in [-0.2, -0.15) is 0 Å². The molecule has 0 unspecified atom stereocenters. The topological polar surface area (TPSA) is 73.6 Å². The van der Waals surface area contributed by atoms with Crippen molar-refractivity contribution in [2.75, 3.05) is 24.3 Å². The zero-order valence-corrected chi connectivity index (χ0v) is 11.8. The largest absolute Gasteiger partial charge is 0.486 e. The molecule has 2 aromatic rings. The molecule has 1 heterocycles. The maximum absolute atomic E-state index is 12.4. The van der Waals surface area contributed by atoms with Gasteiger partial charge in [0.1, 0.15) is 13.2 Å². The summed E-state index contributed by atoms with van der Waals surface area (Å²) >= 11 is 6.04. The Balaban J connectivity index is 1.91. The first kappa shape index (κ1) is 13.6. The minimum absolute atomic E-state index is 0.329. The molecule has 0 atom stereocenters. The summed E-state index contributed by atoms with van der Waals surface area (Å²) in [4.78, 5) is 12.4. The number of anilines is 2. The van der Waals surface area contributed by atoms with Gasteiger partial charge in [-0.25, -0.2) is 0 Å². The summed E-state index contributed by atoms with van der Waals surface area (Å²) in [6.07, 6.45) is 0. The smallest absolute Gasteiger partial charge is 0.259 e. The van der Waals surface area contributed by atoms with Crippen LogP contribution in [0.15, 0.2) is 36.4 Å². The molecule has 0 aliphatic carbocycles. The van der Waals surface area contributed by atoms with E-state index in [1.165, 1.54) is 0 Å². The van der Waals surface area contributed by atoms with E-state index in [4.69, 9.17) is 26.8 Å². The number of carbonyl (C=O) groups is 1. The summed E-state index contributed by atoms with van der Waals surface area (Å²) < 4.78 is 11.0. The minimum atomic E-state index is -0.329. The van der Waals surface area contributed by atoms with E-state index < -0.39 is 0 Å². The van der Waals surface area contributed by atoms with E-state index in [2.05, 4.69) is 5.32 Å². The minimum Gasteiger partial charge on any atom is -0.486 e. The predicted molar refractivity (Wildman–Crippen MR) is 81.2 cm³/mol. The molecule has 0 bridgehead atoms. The van der Waals surface area contributed by atoms with E-state index in [0.717, 1.165) is 0 Å². The Kier molecular flexibility index (Phi) is 3.58. The Labute approximate surface area is 126 Å². The fourth-order valence-electron chi connectivity index (χ4n) is 2.08. The fourth-order valence-corrected chi connectivity index (χ4v) is 2.25. The van der Waals surface area contributed by atoms with E-state index in [1.807, 2.05) is 0 Å². The Bertz CT molecular complexity index is 703. The molecule has 0 saturated heterocycles. The molecule has 21 heavy (non-hydrogen) atoms. The van der Waals surface area contributed by atoms with Gasteiger partial charge in [-0.05, 0) is 30.3 Å².